The third kappa shape index (κ3) is 30.9. The highest BCUT2D eigenvalue weighted by Crippen LogP contribution is 2.27. The first-order valence-corrected chi connectivity index (χ1v) is 41.0. The molecule has 115 heavy (non-hydrogen) atoms. The Morgan fingerprint density at radius 2 is 1.19 bits per heavy atom. The molecule has 43 nitrogen and oxygen atoms in total. The van der Waals surface area contributed by atoms with Gasteiger partial charge in [0.25, 0.3) is 5.91 Å². The van der Waals surface area contributed by atoms with Gasteiger partial charge in [-0.3, -0.25) is 87.0 Å². The maximum absolute atomic E-state index is 15.1. The maximum Gasteiger partial charge on any atom is 0.322 e. The molecule has 646 valence electrons. The second-order valence-corrected chi connectivity index (χ2v) is 31.6. The van der Waals surface area contributed by atoms with E-state index in [4.69, 9.17) is 11.5 Å². The number of aliphatic hydroxyl groups excluding tert-OH is 4. The molecule has 4 rings (SSSR count). The number of likely N-dealkylation sites (tertiary alicyclic amines) is 1. The first kappa shape index (κ1) is 97.8. The molecular formula is C70H116N20O23S2. The number of aliphatic hydroxyl groups is 4. The Hall–Kier alpha value is -9.57. The SMILES string of the molecule is CC[C@H](C)[C@@H]1NC(=O)CNC(=O)[C@H](CO)NC(=O)NC(=O)[C@H](CO)NC(=O)[C@H](CC(=O)O)NC(=O)[C@@H]2CCCN2C(=O)[C@H]([C@@H](C)CC)NC(=O)[C@@H](NC(=O)[C@@H](NC(=O)[C@@H]2CCCN2)[C@@H](C)CC)CSSC[C@@H](C(=O)N[C@@H](CO)C(=O)N[C@@H](CCCN=C(N)N)C(=O)N[C@@H](CO)C(=O)N[C@@H](CC(C)C)C(=O)N2CCC[C@H]2C=O)NC1=O. The van der Waals surface area contributed by atoms with Crippen molar-refractivity contribution in [1.29, 1.82) is 0 Å². The van der Waals surface area contributed by atoms with Gasteiger partial charge in [0.2, 0.25) is 82.7 Å². The number of nitrogens with one attached hydrogen (secondary N) is 15. The number of carbonyl (C=O) groups excluding carboxylic acids is 17. The molecule has 4 heterocycles. The maximum atomic E-state index is 15.1. The fourth-order valence-electron chi connectivity index (χ4n) is 12.7. The number of urea groups is 1. The van der Waals surface area contributed by atoms with Crippen molar-refractivity contribution < 1.29 is 112 Å². The smallest absolute Gasteiger partial charge is 0.322 e. The van der Waals surface area contributed by atoms with Crippen LogP contribution in [-0.2, 0) is 81.5 Å². The van der Waals surface area contributed by atoms with Crippen LogP contribution < -0.4 is 91.2 Å². The van der Waals surface area contributed by atoms with E-state index < -0.39 is 260 Å². The molecule has 4 fully saturated rings. The normalized spacial score (nSPS) is 25.0. The van der Waals surface area contributed by atoms with Gasteiger partial charge < -0.3 is 126 Å². The molecule has 4 aliphatic rings. The summed E-state index contributed by atoms with van der Waals surface area (Å²) in [4.78, 5) is 256. The van der Waals surface area contributed by atoms with Crippen LogP contribution in [0.1, 0.15) is 139 Å². The molecule has 18 atom stereocenters. The van der Waals surface area contributed by atoms with Crippen LogP contribution in [0.15, 0.2) is 4.99 Å². The van der Waals surface area contributed by atoms with Crippen LogP contribution in [0.3, 0.4) is 0 Å². The highest BCUT2D eigenvalue weighted by Gasteiger charge is 2.44. The average Bonchev–Trinajstić information content (AvgIpc) is 1.71. The Bertz CT molecular complexity index is 3450. The number of nitrogens with two attached hydrogens (primary N) is 2. The van der Waals surface area contributed by atoms with Crippen LogP contribution in [0, 0.1) is 23.7 Å². The molecule has 17 amide bonds. The van der Waals surface area contributed by atoms with Crippen molar-refractivity contribution in [2.24, 2.45) is 40.1 Å². The van der Waals surface area contributed by atoms with Crippen molar-refractivity contribution in [2.75, 3.05) is 70.7 Å². The van der Waals surface area contributed by atoms with Gasteiger partial charge in [0.1, 0.15) is 84.8 Å². The fraction of sp³-hybridized carbons (Fsp3) is 0.729. The number of rotatable bonds is 32. The minimum absolute atomic E-state index is 0.0447. The van der Waals surface area contributed by atoms with Crippen LogP contribution in [0.25, 0.3) is 0 Å². The topological polar surface area (TPSA) is 660 Å². The zero-order valence-electron chi connectivity index (χ0n) is 65.9. The van der Waals surface area contributed by atoms with Gasteiger partial charge in [-0.1, -0.05) is 96.2 Å². The number of aliphatic carboxylic acids is 1. The molecule has 4 saturated heterocycles. The lowest BCUT2D eigenvalue weighted by Crippen LogP contribution is -2.62. The summed E-state index contributed by atoms with van der Waals surface area (Å²) in [6.45, 7) is 8.28. The van der Waals surface area contributed by atoms with Gasteiger partial charge in [-0.2, -0.15) is 0 Å². The number of nitrogens with zero attached hydrogens (tertiary/aromatic N) is 3. The van der Waals surface area contributed by atoms with E-state index in [1.807, 2.05) is 10.6 Å². The van der Waals surface area contributed by atoms with E-state index in [9.17, 15) is 102 Å². The Balaban J connectivity index is 1.83. The number of hydrogen-bond acceptors (Lipinski definition) is 26. The minimum atomic E-state index is -2.05. The summed E-state index contributed by atoms with van der Waals surface area (Å²) in [5.41, 5.74) is 11.1. The van der Waals surface area contributed by atoms with E-state index in [1.54, 1.807) is 53.8 Å². The van der Waals surface area contributed by atoms with Crippen molar-refractivity contribution in [3.8, 4) is 0 Å². The first-order chi connectivity index (χ1) is 54.5. The molecule has 0 saturated carbocycles. The number of carboxylic acids is 1. The number of imide groups is 1. The van der Waals surface area contributed by atoms with Crippen LogP contribution in [0.4, 0.5) is 4.79 Å². The number of fused-ring (bicyclic) bond motifs is 1. The van der Waals surface area contributed by atoms with Crippen LogP contribution in [0.2, 0.25) is 0 Å². The van der Waals surface area contributed by atoms with Gasteiger partial charge in [-0.15, -0.1) is 0 Å². The highest BCUT2D eigenvalue weighted by atomic mass is 33.1. The molecule has 0 spiro atoms. The molecular weight excluding hydrogens is 1550 g/mol. The van der Waals surface area contributed by atoms with Gasteiger partial charge in [-0.25, -0.2) is 4.79 Å². The molecule has 24 N–H and O–H groups in total. The molecule has 0 unspecified atom stereocenters. The Morgan fingerprint density at radius 3 is 1.78 bits per heavy atom. The lowest BCUT2D eigenvalue weighted by atomic mass is 9.96. The third-order valence-electron chi connectivity index (χ3n) is 20.0. The van der Waals surface area contributed by atoms with Gasteiger partial charge in [0.05, 0.1) is 51.5 Å². The zero-order chi connectivity index (χ0) is 85.9. The van der Waals surface area contributed by atoms with E-state index in [0.29, 0.717) is 44.9 Å². The summed E-state index contributed by atoms with van der Waals surface area (Å²) in [6.07, 6.45) is 2.05. The minimum Gasteiger partial charge on any atom is -0.481 e. The Morgan fingerprint density at radius 1 is 0.600 bits per heavy atom. The monoisotopic (exact) mass is 1670 g/mol. The predicted octanol–water partition coefficient (Wildman–Crippen LogP) is -8.36. The molecule has 0 aromatic carbocycles. The summed E-state index contributed by atoms with van der Waals surface area (Å²) in [5, 5.41) is 87.7. The van der Waals surface area contributed by atoms with Crippen LogP contribution in [0.5, 0.6) is 0 Å². The molecule has 4 aliphatic heterocycles. The summed E-state index contributed by atoms with van der Waals surface area (Å²) in [7, 11) is 1.59. The van der Waals surface area contributed by atoms with Crippen molar-refractivity contribution in [1.82, 2.24) is 89.6 Å². The standard InChI is InChI=1S/C70H116N20O23S2/c1-9-35(6)52-65(109)82-47(62(106)81-44(29-93)59(103)76-40(18-13-21-74-69(71)72)57(101)79-45(30-94)60(104)78-42(24-34(4)5)67(111)89-22-14-16-38(89)27-91)32-114-115-33-48(83-66(110)53(36(7)10-2)86-56(100)39-17-12-20-73-39)63(107)87-54(37(8)11-3)68(112)90-23-15-19-49(90)64(108)77-41(25-51(97)98)58(102)80-46(31-95)61(105)88-70(113)84-43(28-92)55(99)75-26-50(96)85-52/h27,34-49,52-54,73,92-95H,9-26,28-33H2,1-8H3,(H,75,99)(H,76,103)(H,77,108)(H,78,104)(H,79,101)(H,80,102)(H,81,106)(H,82,109)(H,83,110)(H,85,96)(H,86,100)(H,87,107)(H,97,98)(H4,71,72,74)(H2,84,88,105,113)/t35-,36-,37-,38-,39-,40-,41-,42-,43-,44-,45-,46-,47-,48-,49-,52-,53-,54-/m0/s1. The largest absolute Gasteiger partial charge is 0.481 e. The number of carboxylic acid groups (broad SMARTS) is 1. The second-order valence-electron chi connectivity index (χ2n) is 29.1. The van der Waals surface area contributed by atoms with E-state index in [2.05, 4.69) is 68.8 Å². The summed E-state index contributed by atoms with van der Waals surface area (Å²) >= 11 is 0. The summed E-state index contributed by atoms with van der Waals surface area (Å²) < 4.78 is 0. The zero-order valence-corrected chi connectivity index (χ0v) is 67.5. The third-order valence-corrected chi connectivity index (χ3v) is 22.4. The quantitative estimate of drug-likeness (QED) is 0.00978. The van der Waals surface area contributed by atoms with E-state index in [1.165, 1.54) is 11.8 Å². The van der Waals surface area contributed by atoms with Gasteiger partial charge in [-0.05, 0) is 88.0 Å². The van der Waals surface area contributed by atoms with Gasteiger partial charge >= 0.3 is 12.0 Å². The lowest BCUT2D eigenvalue weighted by Gasteiger charge is -2.33. The number of guanidine groups is 1. The van der Waals surface area contributed by atoms with Crippen LogP contribution in [-0.4, -0.2) is 309 Å². The number of carbonyl (C=O) groups is 18. The number of amides is 17. The van der Waals surface area contributed by atoms with Crippen LogP contribution >= 0.6 is 21.6 Å². The van der Waals surface area contributed by atoms with Crippen molar-refractivity contribution in [3.05, 3.63) is 0 Å². The molecule has 0 aromatic rings. The molecule has 45 heteroatoms. The van der Waals surface area contributed by atoms with Crippen molar-refractivity contribution in [2.45, 2.75) is 229 Å². The highest BCUT2D eigenvalue weighted by molar-refractivity contribution is 8.76. The average molecular weight is 1670 g/mol. The second kappa shape index (κ2) is 49.4. The lowest BCUT2D eigenvalue weighted by molar-refractivity contribution is -0.145. The van der Waals surface area contributed by atoms with Gasteiger partial charge in [0, 0.05) is 31.1 Å². The molecule has 0 aromatic heterocycles. The van der Waals surface area contributed by atoms with Gasteiger partial charge in [0.15, 0.2) is 5.96 Å². The van der Waals surface area contributed by atoms with E-state index >= 15 is 9.59 Å². The molecule has 0 bridgehead atoms. The van der Waals surface area contributed by atoms with Crippen molar-refractivity contribution in [3.63, 3.8) is 0 Å². The Kier molecular flexibility index (Phi) is 42.0. The number of aldehydes is 1. The van der Waals surface area contributed by atoms with E-state index in [0.717, 1.165) is 26.5 Å². The molecule has 0 radical (unpaired) electrons. The summed E-state index contributed by atoms with van der Waals surface area (Å²) in [5.74, 6) is -21.0. The Labute approximate surface area is 673 Å². The fourth-order valence-corrected chi connectivity index (χ4v) is 15.0. The summed E-state index contributed by atoms with van der Waals surface area (Å²) in [6, 6.07) is -24.8. The first-order valence-electron chi connectivity index (χ1n) is 38.5. The predicted molar refractivity (Wildman–Crippen MR) is 415 cm³/mol. The van der Waals surface area contributed by atoms with E-state index in [-0.39, 0.29) is 76.5 Å². The number of aliphatic imine (C=N–C) groups is 1. The van der Waals surface area contributed by atoms with Crippen molar-refractivity contribution >= 4 is 134 Å². The number of hydrogen-bond donors (Lipinski definition) is 22. The molecule has 0 aliphatic carbocycles.